The van der Waals surface area contributed by atoms with E-state index in [4.69, 9.17) is 14.5 Å². The number of aliphatic imine (C=N–C) groups is 1. The number of ether oxygens (including phenoxy) is 2. The number of aryl methyl sites for hydroxylation is 1. The average molecular weight is 387 g/mol. The minimum atomic E-state index is 0.503. The highest BCUT2D eigenvalue weighted by Crippen LogP contribution is 2.12. The molecule has 0 radical (unpaired) electrons. The van der Waals surface area contributed by atoms with Crippen molar-refractivity contribution in [3.8, 4) is 5.75 Å². The fourth-order valence-corrected chi connectivity index (χ4v) is 3.01. The molecule has 8 heteroatoms. The Morgan fingerprint density at radius 2 is 2.14 bits per heavy atom. The van der Waals surface area contributed by atoms with Crippen LogP contribution in [0.1, 0.15) is 19.2 Å². The summed E-state index contributed by atoms with van der Waals surface area (Å²) in [6.07, 6.45) is 3.72. The SMILES string of the molecule is CCc1nncn1CCNC(=NCC1CCOC1)NCCOc1ccccc1. The first kappa shape index (κ1) is 20.1. The second-order valence-electron chi connectivity index (χ2n) is 6.73. The summed E-state index contributed by atoms with van der Waals surface area (Å²) < 4.78 is 13.3. The number of hydrogen-bond donors (Lipinski definition) is 2. The molecule has 28 heavy (non-hydrogen) atoms. The number of nitrogens with one attached hydrogen (secondary N) is 2. The van der Waals surface area contributed by atoms with E-state index in [-0.39, 0.29) is 0 Å². The van der Waals surface area contributed by atoms with E-state index in [1.807, 2.05) is 30.3 Å². The van der Waals surface area contributed by atoms with Gasteiger partial charge in [0.05, 0.1) is 13.2 Å². The summed E-state index contributed by atoms with van der Waals surface area (Å²) >= 11 is 0. The Kier molecular flexibility index (Phi) is 8.11. The van der Waals surface area contributed by atoms with Gasteiger partial charge in [-0.05, 0) is 18.6 Å². The average Bonchev–Trinajstić information content (AvgIpc) is 3.41. The number of aromatic nitrogens is 3. The first-order valence-electron chi connectivity index (χ1n) is 9.99. The molecule has 0 aliphatic carbocycles. The van der Waals surface area contributed by atoms with Crippen LogP contribution >= 0.6 is 0 Å². The van der Waals surface area contributed by atoms with Crippen LogP contribution in [0.5, 0.6) is 5.75 Å². The largest absolute Gasteiger partial charge is 0.492 e. The topological polar surface area (TPSA) is 85.6 Å². The summed E-state index contributed by atoms with van der Waals surface area (Å²) in [5.41, 5.74) is 0. The monoisotopic (exact) mass is 386 g/mol. The van der Waals surface area contributed by atoms with Crippen molar-refractivity contribution >= 4 is 5.96 Å². The highest BCUT2D eigenvalue weighted by atomic mass is 16.5. The van der Waals surface area contributed by atoms with Gasteiger partial charge in [0.25, 0.3) is 0 Å². The second-order valence-corrected chi connectivity index (χ2v) is 6.73. The van der Waals surface area contributed by atoms with Gasteiger partial charge in [-0.3, -0.25) is 4.99 Å². The zero-order valence-electron chi connectivity index (χ0n) is 16.5. The quantitative estimate of drug-likeness (QED) is 0.366. The molecule has 0 saturated carbocycles. The molecule has 2 heterocycles. The van der Waals surface area contributed by atoms with Gasteiger partial charge in [0, 0.05) is 38.6 Å². The maximum atomic E-state index is 5.74. The molecule has 1 aromatic carbocycles. The van der Waals surface area contributed by atoms with Crippen LogP contribution in [0.15, 0.2) is 41.7 Å². The van der Waals surface area contributed by atoms with Crippen LogP contribution in [0.3, 0.4) is 0 Å². The molecule has 1 aromatic heterocycles. The Morgan fingerprint density at radius 1 is 1.29 bits per heavy atom. The van der Waals surface area contributed by atoms with Gasteiger partial charge in [0.1, 0.15) is 24.5 Å². The summed E-state index contributed by atoms with van der Waals surface area (Å²) in [7, 11) is 0. The molecule has 2 aromatic rings. The van der Waals surface area contributed by atoms with E-state index in [0.717, 1.165) is 63.2 Å². The summed E-state index contributed by atoms with van der Waals surface area (Å²) in [4.78, 5) is 4.73. The lowest BCUT2D eigenvalue weighted by molar-refractivity contribution is 0.187. The smallest absolute Gasteiger partial charge is 0.191 e. The minimum Gasteiger partial charge on any atom is -0.492 e. The Balaban J connectivity index is 1.45. The van der Waals surface area contributed by atoms with Crippen molar-refractivity contribution in [2.75, 3.05) is 39.5 Å². The molecular formula is C20H30N6O2. The van der Waals surface area contributed by atoms with Crippen LogP contribution in [0.4, 0.5) is 0 Å². The van der Waals surface area contributed by atoms with E-state index in [0.29, 0.717) is 19.1 Å². The van der Waals surface area contributed by atoms with Crippen LogP contribution in [-0.4, -0.2) is 60.2 Å². The molecule has 3 rings (SSSR count). The Morgan fingerprint density at radius 3 is 2.93 bits per heavy atom. The van der Waals surface area contributed by atoms with Crippen LogP contribution in [-0.2, 0) is 17.7 Å². The van der Waals surface area contributed by atoms with Gasteiger partial charge >= 0.3 is 0 Å². The zero-order chi connectivity index (χ0) is 19.4. The Labute approximate surface area is 166 Å². The number of nitrogens with zero attached hydrogens (tertiary/aromatic N) is 4. The highest BCUT2D eigenvalue weighted by Gasteiger charge is 2.15. The molecule has 0 amide bonds. The van der Waals surface area contributed by atoms with Gasteiger partial charge in [-0.2, -0.15) is 0 Å². The van der Waals surface area contributed by atoms with E-state index < -0.39 is 0 Å². The third-order valence-corrected chi connectivity index (χ3v) is 4.60. The molecule has 1 aliphatic heterocycles. The predicted molar refractivity (Wildman–Crippen MR) is 109 cm³/mol. The first-order valence-corrected chi connectivity index (χ1v) is 9.99. The fraction of sp³-hybridized carbons (Fsp3) is 0.550. The van der Waals surface area contributed by atoms with Gasteiger partial charge in [-0.1, -0.05) is 25.1 Å². The standard InChI is InChI=1S/C20H30N6O2/c1-2-19-25-24-16-26(19)11-9-21-20(23-14-17-8-12-27-15-17)22-10-13-28-18-6-4-3-5-7-18/h3-7,16-17H,2,8-15H2,1H3,(H2,21,22,23). The third kappa shape index (κ3) is 6.53. The van der Waals surface area contributed by atoms with E-state index in [1.54, 1.807) is 6.33 Å². The van der Waals surface area contributed by atoms with Gasteiger partial charge in [-0.15, -0.1) is 10.2 Å². The van der Waals surface area contributed by atoms with Crippen LogP contribution in [0.25, 0.3) is 0 Å². The molecule has 1 fully saturated rings. The predicted octanol–water partition coefficient (Wildman–Crippen LogP) is 1.49. The van der Waals surface area contributed by atoms with Crippen molar-refractivity contribution in [1.29, 1.82) is 0 Å². The van der Waals surface area contributed by atoms with Crippen molar-refractivity contribution < 1.29 is 9.47 Å². The molecular weight excluding hydrogens is 356 g/mol. The molecule has 1 unspecified atom stereocenters. The molecule has 1 saturated heterocycles. The lowest BCUT2D eigenvalue weighted by Crippen LogP contribution is -2.41. The maximum absolute atomic E-state index is 5.74. The van der Waals surface area contributed by atoms with Crippen molar-refractivity contribution in [3.05, 3.63) is 42.5 Å². The second kappa shape index (κ2) is 11.3. The van der Waals surface area contributed by atoms with Gasteiger partial charge in [0.15, 0.2) is 5.96 Å². The number of rotatable bonds is 10. The molecule has 1 atom stereocenters. The molecule has 8 nitrogen and oxygen atoms in total. The maximum Gasteiger partial charge on any atom is 0.191 e. The van der Waals surface area contributed by atoms with Crippen molar-refractivity contribution in [2.24, 2.45) is 10.9 Å². The summed E-state index contributed by atoms with van der Waals surface area (Å²) in [5.74, 6) is 3.17. The summed E-state index contributed by atoms with van der Waals surface area (Å²) in [6, 6.07) is 9.83. The molecule has 0 spiro atoms. The van der Waals surface area contributed by atoms with E-state index in [1.165, 1.54) is 0 Å². The highest BCUT2D eigenvalue weighted by molar-refractivity contribution is 5.79. The lowest BCUT2D eigenvalue weighted by atomic mass is 10.1. The number of para-hydroxylation sites is 1. The van der Waals surface area contributed by atoms with Crippen LogP contribution in [0, 0.1) is 5.92 Å². The summed E-state index contributed by atoms with van der Waals surface area (Å²) in [5, 5.41) is 14.9. The molecule has 1 aliphatic rings. The van der Waals surface area contributed by atoms with Crippen molar-refractivity contribution in [2.45, 2.75) is 26.3 Å². The van der Waals surface area contributed by atoms with Crippen LogP contribution in [0.2, 0.25) is 0 Å². The van der Waals surface area contributed by atoms with Crippen LogP contribution < -0.4 is 15.4 Å². The zero-order valence-corrected chi connectivity index (χ0v) is 16.5. The van der Waals surface area contributed by atoms with E-state index in [9.17, 15) is 0 Å². The van der Waals surface area contributed by atoms with Gasteiger partial charge in [0.2, 0.25) is 0 Å². The Hall–Kier alpha value is -2.61. The van der Waals surface area contributed by atoms with Crippen molar-refractivity contribution in [3.63, 3.8) is 0 Å². The van der Waals surface area contributed by atoms with Crippen molar-refractivity contribution in [1.82, 2.24) is 25.4 Å². The Bertz CT molecular complexity index is 712. The van der Waals surface area contributed by atoms with Gasteiger partial charge in [-0.25, -0.2) is 0 Å². The first-order chi connectivity index (χ1) is 13.8. The third-order valence-electron chi connectivity index (χ3n) is 4.60. The molecule has 152 valence electrons. The minimum absolute atomic E-state index is 0.503. The van der Waals surface area contributed by atoms with E-state index >= 15 is 0 Å². The molecule has 0 bridgehead atoms. The van der Waals surface area contributed by atoms with Gasteiger partial charge < -0.3 is 24.7 Å². The number of hydrogen-bond acceptors (Lipinski definition) is 5. The van der Waals surface area contributed by atoms with E-state index in [2.05, 4.69) is 32.3 Å². The number of guanidine groups is 1. The fourth-order valence-electron chi connectivity index (χ4n) is 3.01. The number of benzene rings is 1. The normalized spacial score (nSPS) is 16.9. The summed E-state index contributed by atoms with van der Waals surface area (Å²) in [6.45, 7) is 7.28. The lowest BCUT2D eigenvalue weighted by Gasteiger charge is -2.15. The molecule has 2 N–H and O–H groups in total.